The molecule has 0 saturated heterocycles. The molecule has 24 heavy (non-hydrogen) atoms. The zero-order valence-electron chi connectivity index (χ0n) is 14.9. The van der Waals surface area contributed by atoms with Crippen molar-refractivity contribution in [2.24, 2.45) is 11.1 Å². The van der Waals surface area contributed by atoms with Crippen molar-refractivity contribution in [2.45, 2.75) is 52.3 Å². The van der Waals surface area contributed by atoms with Crippen molar-refractivity contribution in [3.63, 3.8) is 0 Å². The van der Waals surface area contributed by atoms with Crippen LogP contribution in [-0.2, 0) is 16.1 Å². The molecule has 1 aliphatic rings. The van der Waals surface area contributed by atoms with Crippen LogP contribution in [0.2, 0.25) is 0 Å². The van der Waals surface area contributed by atoms with Gasteiger partial charge in [-0.25, -0.2) is 0 Å². The summed E-state index contributed by atoms with van der Waals surface area (Å²) in [5.74, 6) is 0.659. The third kappa shape index (κ3) is 3.68. The van der Waals surface area contributed by atoms with Crippen LogP contribution in [0.15, 0.2) is 24.3 Å². The molecule has 1 fully saturated rings. The van der Waals surface area contributed by atoms with E-state index in [-0.39, 0.29) is 29.8 Å². The van der Waals surface area contributed by atoms with Crippen molar-refractivity contribution in [3.8, 4) is 5.75 Å². The zero-order valence-corrected chi connectivity index (χ0v) is 15.7. The summed E-state index contributed by atoms with van der Waals surface area (Å²) in [4.78, 5) is 12.6. The van der Waals surface area contributed by atoms with Crippen LogP contribution >= 0.6 is 12.4 Å². The van der Waals surface area contributed by atoms with Gasteiger partial charge in [-0.15, -0.1) is 12.4 Å². The summed E-state index contributed by atoms with van der Waals surface area (Å²) in [6.07, 6.45) is 0.575. The number of carbonyl (C=O) groups excluding carboxylic acids is 1. The monoisotopic (exact) mass is 356 g/mol. The molecule has 0 aromatic heterocycles. The summed E-state index contributed by atoms with van der Waals surface area (Å²) >= 11 is 0. The fourth-order valence-electron chi connectivity index (χ4n) is 3.10. The highest BCUT2D eigenvalue weighted by Gasteiger charge is 2.62. The molecule has 1 saturated carbocycles. The number of hydrogen-bond acceptors (Lipinski definition) is 4. The Morgan fingerprint density at radius 2 is 1.96 bits per heavy atom. The number of benzene rings is 1. The molecule has 5 nitrogen and oxygen atoms in total. The summed E-state index contributed by atoms with van der Waals surface area (Å²) in [5.41, 5.74) is 6.05. The number of nitrogens with two attached hydrogens (primary N) is 1. The molecule has 0 bridgehead atoms. The van der Waals surface area contributed by atoms with Gasteiger partial charge in [-0.05, 0) is 19.9 Å². The highest BCUT2D eigenvalue weighted by atomic mass is 35.5. The van der Waals surface area contributed by atoms with Gasteiger partial charge in [0.2, 0.25) is 5.91 Å². The van der Waals surface area contributed by atoms with E-state index in [4.69, 9.17) is 15.2 Å². The minimum absolute atomic E-state index is 0. The predicted molar refractivity (Wildman–Crippen MR) is 97.4 cm³/mol. The normalized spacial score (nSPS) is 24.5. The maximum Gasteiger partial charge on any atom is 0.241 e. The number of rotatable bonds is 7. The first-order chi connectivity index (χ1) is 10.9. The van der Waals surface area contributed by atoms with Crippen LogP contribution in [0.25, 0.3) is 0 Å². The second-order valence-electron chi connectivity index (χ2n) is 6.56. The average molecular weight is 357 g/mol. The van der Waals surface area contributed by atoms with Crippen LogP contribution < -0.4 is 15.8 Å². The first-order valence-electron chi connectivity index (χ1n) is 8.26. The Morgan fingerprint density at radius 1 is 1.29 bits per heavy atom. The van der Waals surface area contributed by atoms with E-state index in [1.807, 2.05) is 52.0 Å². The van der Waals surface area contributed by atoms with Gasteiger partial charge in [-0.1, -0.05) is 32.0 Å². The molecule has 136 valence electrons. The lowest BCUT2D eigenvalue weighted by Crippen LogP contribution is -2.75. The number of amides is 1. The molecule has 3 N–H and O–H groups in total. The van der Waals surface area contributed by atoms with Crippen molar-refractivity contribution in [1.82, 2.24) is 5.32 Å². The second kappa shape index (κ2) is 8.19. The molecule has 2 unspecified atom stereocenters. The van der Waals surface area contributed by atoms with Crippen molar-refractivity contribution in [1.29, 1.82) is 0 Å². The Kier molecular flexibility index (Phi) is 7.08. The van der Waals surface area contributed by atoms with Crippen molar-refractivity contribution >= 4 is 18.3 Å². The van der Waals surface area contributed by atoms with E-state index in [1.165, 1.54) is 0 Å². The van der Waals surface area contributed by atoms with E-state index in [2.05, 4.69) is 5.32 Å². The van der Waals surface area contributed by atoms with Gasteiger partial charge in [-0.2, -0.15) is 0 Å². The summed E-state index contributed by atoms with van der Waals surface area (Å²) in [7, 11) is 0. The predicted octanol–water partition coefficient (Wildman–Crippen LogP) is 2.66. The molecule has 1 amide bonds. The number of hydrogen-bond donors (Lipinski definition) is 2. The van der Waals surface area contributed by atoms with E-state index in [0.717, 1.165) is 11.3 Å². The van der Waals surface area contributed by atoms with Gasteiger partial charge in [-0.3, -0.25) is 4.79 Å². The largest absolute Gasteiger partial charge is 0.494 e. The summed E-state index contributed by atoms with van der Waals surface area (Å²) < 4.78 is 11.3. The molecule has 6 heteroatoms. The van der Waals surface area contributed by atoms with Gasteiger partial charge in [0.1, 0.15) is 11.3 Å². The number of carbonyl (C=O) groups is 1. The Labute approximate surface area is 150 Å². The Morgan fingerprint density at radius 3 is 2.54 bits per heavy atom. The maximum absolute atomic E-state index is 12.6. The van der Waals surface area contributed by atoms with Gasteiger partial charge in [0.05, 0.1) is 12.7 Å². The van der Waals surface area contributed by atoms with Crippen molar-refractivity contribution < 1.29 is 14.3 Å². The number of para-hydroxylation sites is 1. The number of halogens is 1. The molecule has 2 rings (SSSR count). The molecule has 0 spiro atoms. The SMILES string of the molecule is CCOc1ccccc1CNC(=O)C1(N)CC(OCC)C1(C)C.Cl. The van der Waals surface area contributed by atoms with Crippen LogP contribution in [0.5, 0.6) is 5.75 Å². The molecule has 0 aliphatic heterocycles. The summed E-state index contributed by atoms with van der Waals surface area (Å²) in [6, 6.07) is 7.70. The molecular weight excluding hydrogens is 328 g/mol. The highest BCUT2D eigenvalue weighted by Crippen LogP contribution is 2.49. The van der Waals surface area contributed by atoms with Crippen molar-refractivity contribution in [2.75, 3.05) is 13.2 Å². The van der Waals surface area contributed by atoms with E-state index >= 15 is 0 Å². The lowest BCUT2D eigenvalue weighted by molar-refractivity contribution is -0.170. The lowest BCUT2D eigenvalue weighted by atomic mass is 9.54. The smallest absolute Gasteiger partial charge is 0.241 e. The van der Waals surface area contributed by atoms with E-state index in [0.29, 0.717) is 26.2 Å². The minimum Gasteiger partial charge on any atom is -0.494 e. The lowest BCUT2D eigenvalue weighted by Gasteiger charge is -2.57. The quantitative estimate of drug-likeness (QED) is 0.787. The fraction of sp³-hybridized carbons (Fsp3) is 0.611. The molecular formula is C18H29ClN2O3. The second-order valence-corrected chi connectivity index (χ2v) is 6.56. The van der Waals surface area contributed by atoms with E-state index in [9.17, 15) is 4.79 Å². The van der Waals surface area contributed by atoms with Crippen LogP contribution in [0.4, 0.5) is 0 Å². The Balaban J connectivity index is 0.00000288. The van der Waals surface area contributed by atoms with Gasteiger partial charge in [0.25, 0.3) is 0 Å². The van der Waals surface area contributed by atoms with Gasteiger partial charge in [0.15, 0.2) is 0 Å². The van der Waals surface area contributed by atoms with Gasteiger partial charge < -0.3 is 20.5 Å². The standard InChI is InChI=1S/C18H28N2O3.ClH/c1-5-22-14-10-8-7-9-13(14)12-20-16(21)18(19)11-15(23-6-2)17(18,3)4;/h7-10,15H,5-6,11-12,19H2,1-4H3,(H,20,21);1H. The molecule has 0 heterocycles. The first kappa shape index (κ1) is 20.7. The highest BCUT2D eigenvalue weighted by molar-refractivity contribution is 5.88. The van der Waals surface area contributed by atoms with E-state index in [1.54, 1.807) is 0 Å². The van der Waals surface area contributed by atoms with Crippen LogP contribution in [0, 0.1) is 5.41 Å². The molecule has 2 atom stereocenters. The van der Waals surface area contributed by atoms with Crippen LogP contribution in [-0.4, -0.2) is 30.8 Å². The molecule has 1 aromatic rings. The Hall–Kier alpha value is -1.30. The van der Waals surface area contributed by atoms with Crippen molar-refractivity contribution in [3.05, 3.63) is 29.8 Å². The van der Waals surface area contributed by atoms with Crippen LogP contribution in [0.3, 0.4) is 0 Å². The van der Waals surface area contributed by atoms with Crippen LogP contribution in [0.1, 0.15) is 39.7 Å². The third-order valence-electron chi connectivity index (χ3n) is 4.95. The number of nitrogens with one attached hydrogen (secondary N) is 1. The zero-order chi connectivity index (χ0) is 17.1. The van der Waals surface area contributed by atoms with Gasteiger partial charge in [0, 0.05) is 30.6 Å². The third-order valence-corrected chi connectivity index (χ3v) is 4.95. The molecule has 1 aliphatic carbocycles. The number of ether oxygens (including phenoxy) is 2. The topological polar surface area (TPSA) is 73.6 Å². The average Bonchev–Trinajstić information content (AvgIpc) is 2.53. The maximum atomic E-state index is 12.6. The minimum atomic E-state index is -0.895. The van der Waals surface area contributed by atoms with Gasteiger partial charge >= 0.3 is 0 Å². The summed E-state index contributed by atoms with van der Waals surface area (Å²) in [6.45, 7) is 9.51. The summed E-state index contributed by atoms with van der Waals surface area (Å²) in [5, 5.41) is 2.96. The molecule has 0 radical (unpaired) electrons. The fourth-order valence-corrected chi connectivity index (χ4v) is 3.10. The van der Waals surface area contributed by atoms with E-state index < -0.39 is 5.54 Å². The Bertz CT molecular complexity index is 565. The first-order valence-corrected chi connectivity index (χ1v) is 8.26. The molecule has 1 aromatic carbocycles.